The molecule has 2 radical (unpaired) electrons. The molecule has 0 heterocycles. The van der Waals surface area contributed by atoms with Crippen LogP contribution in [-0.2, 0) is 9.59 Å². The van der Waals surface area contributed by atoms with Crippen molar-refractivity contribution in [2.75, 3.05) is 0 Å². The van der Waals surface area contributed by atoms with E-state index < -0.39 is 22.4 Å². The van der Waals surface area contributed by atoms with Gasteiger partial charge in [0.25, 0.3) is 0 Å². The van der Waals surface area contributed by atoms with Gasteiger partial charge in [-0.25, -0.2) is 0 Å². The summed E-state index contributed by atoms with van der Waals surface area (Å²) in [6.45, 7) is 8.79. The minimum atomic E-state index is -1.05. The molecule has 27 heavy (non-hydrogen) atoms. The predicted molar refractivity (Wildman–Crippen MR) is 117 cm³/mol. The first-order valence-electron chi connectivity index (χ1n) is 9.85. The number of carbonyl (C=O) groups excluding carboxylic acids is 2. The summed E-state index contributed by atoms with van der Waals surface area (Å²) in [5.74, 6) is -0.611. The van der Waals surface area contributed by atoms with Gasteiger partial charge in [-0.3, -0.25) is 0 Å². The number of thiol groups is 2. The SMILES string of the molecule is CC(C)CCCCCC(S)C(=O)[O-].CC(C)CCCCCC(S)C(=O)[O-].[Sn+2]. The molecule has 0 rings (SSSR count). The second-order valence-corrected chi connectivity index (χ2v) is 8.98. The van der Waals surface area contributed by atoms with Crippen LogP contribution in [0.5, 0.6) is 0 Å². The molecule has 0 amide bonds. The average molecular weight is 525 g/mol. The summed E-state index contributed by atoms with van der Waals surface area (Å²) < 4.78 is 0. The third kappa shape index (κ3) is 26.4. The molecule has 0 aliphatic carbocycles. The molecule has 0 spiro atoms. The Morgan fingerprint density at radius 2 is 0.889 bits per heavy atom. The minimum absolute atomic E-state index is 0. The maximum absolute atomic E-state index is 10.3. The van der Waals surface area contributed by atoms with Gasteiger partial charge in [-0.05, 0) is 24.7 Å². The largest absolute Gasteiger partial charge is 2.00 e. The first-order valence-corrected chi connectivity index (χ1v) is 10.9. The molecule has 2 atom stereocenters. The topological polar surface area (TPSA) is 80.3 Å². The Labute approximate surface area is 194 Å². The van der Waals surface area contributed by atoms with E-state index in [1.54, 1.807) is 0 Å². The second kappa shape index (κ2) is 21.2. The number of aliphatic carboxylic acids is 2. The molecule has 158 valence electrons. The molecule has 7 heteroatoms. The summed E-state index contributed by atoms with van der Waals surface area (Å²) in [6.07, 6.45) is 10.2. The Balaban J connectivity index is -0.000000411. The van der Waals surface area contributed by atoms with Gasteiger partial charge in [0.1, 0.15) is 0 Å². The first-order chi connectivity index (χ1) is 12.1. The van der Waals surface area contributed by atoms with Crippen LogP contribution in [0.15, 0.2) is 0 Å². The van der Waals surface area contributed by atoms with Crippen LogP contribution in [0.1, 0.15) is 91.9 Å². The van der Waals surface area contributed by atoms with Gasteiger partial charge in [-0.2, -0.15) is 25.3 Å². The number of hydrogen-bond donors (Lipinski definition) is 2. The Morgan fingerprint density at radius 3 is 1.11 bits per heavy atom. The van der Waals surface area contributed by atoms with Crippen LogP contribution >= 0.6 is 25.3 Å². The molecular formula is C20H38O4S2Sn. The molecular weight excluding hydrogens is 487 g/mol. The van der Waals surface area contributed by atoms with Crippen molar-refractivity contribution in [2.24, 2.45) is 11.8 Å². The van der Waals surface area contributed by atoms with Gasteiger partial charge in [0.05, 0.1) is 11.9 Å². The van der Waals surface area contributed by atoms with Gasteiger partial charge in [0.2, 0.25) is 0 Å². The van der Waals surface area contributed by atoms with E-state index >= 15 is 0 Å². The molecule has 4 nitrogen and oxygen atoms in total. The molecule has 0 bridgehead atoms. The molecule has 0 aliphatic rings. The van der Waals surface area contributed by atoms with E-state index in [-0.39, 0.29) is 23.9 Å². The fourth-order valence-electron chi connectivity index (χ4n) is 2.37. The van der Waals surface area contributed by atoms with Gasteiger partial charge in [0, 0.05) is 10.5 Å². The number of carboxylic acid groups (broad SMARTS) is 2. The Bertz CT molecular complexity index is 332. The first kappa shape index (κ1) is 32.1. The number of carbonyl (C=O) groups is 2. The predicted octanol–water partition coefficient (Wildman–Crippen LogP) is 2.90. The quantitative estimate of drug-likeness (QED) is 0.208. The Hall–Kier alpha value is 0.439. The van der Waals surface area contributed by atoms with Crippen molar-refractivity contribution >= 4 is 61.1 Å². The van der Waals surface area contributed by atoms with Crippen molar-refractivity contribution < 1.29 is 19.8 Å². The van der Waals surface area contributed by atoms with Crippen LogP contribution in [0.2, 0.25) is 0 Å². The maximum atomic E-state index is 10.3. The second-order valence-electron chi connectivity index (χ2n) is 7.73. The van der Waals surface area contributed by atoms with Crippen LogP contribution in [0.25, 0.3) is 0 Å². The maximum Gasteiger partial charge on any atom is 2.00 e. The van der Waals surface area contributed by atoms with Crippen LogP contribution in [0.4, 0.5) is 0 Å². The third-order valence-electron chi connectivity index (χ3n) is 4.06. The minimum Gasteiger partial charge on any atom is -0.549 e. The van der Waals surface area contributed by atoms with E-state index in [4.69, 9.17) is 0 Å². The van der Waals surface area contributed by atoms with Crippen molar-refractivity contribution in [1.29, 1.82) is 0 Å². The summed E-state index contributed by atoms with van der Waals surface area (Å²) in [4.78, 5) is 20.6. The average Bonchev–Trinajstić information content (AvgIpc) is 2.53. The normalized spacial score (nSPS) is 12.7. The van der Waals surface area contributed by atoms with E-state index in [1.807, 2.05) is 0 Å². The molecule has 0 aromatic rings. The summed E-state index contributed by atoms with van der Waals surface area (Å²) >= 11 is 7.81. The van der Waals surface area contributed by atoms with E-state index in [9.17, 15) is 19.8 Å². The molecule has 0 fully saturated rings. The zero-order chi connectivity index (χ0) is 20.5. The monoisotopic (exact) mass is 526 g/mol. The smallest absolute Gasteiger partial charge is 0.549 e. The number of hydrogen-bond acceptors (Lipinski definition) is 6. The van der Waals surface area contributed by atoms with E-state index in [1.165, 1.54) is 25.7 Å². The Morgan fingerprint density at radius 1 is 0.630 bits per heavy atom. The van der Waals surface area contributed by atoms with E-state index in [0.717, 1.165) is 37.5 Å². The van der Waals surface area contributed by atoms with Crippen molar-refractivity contribution in [3.63, 3.8) is 0 Å². The fraction of sp³-hybridized carbons (Fsp3) is 0.900. The fourth-order valence-corrected chi connectivity index (χ4v) is 2.73. The van der Waals surface area contributed by atoms with Crippen molar-refractivity contribution in [1.82, 2.24) is 0 Å². The molecule has 0 saturated heterocycles. The van der Waals surface area contributed by atoms with Crippen molar-refractivity contribution in [2.45, 2.75) is 102 Å². The van der Waals surface area contributed by atoms with Crippen molar-refractivity contribution in [3.8, 4) is 0 Å². The summed E-state index contributed by atoms with van der Waals surface area (Å²) in [6, 6.07) is 0. The van der Waals surface area contributed by atoms with Gasteiger partial charge in [-0.1, -0.05) is 79.1 Å². The molecule has 0 aromatic carbocycles. The molecule has 0 N–H and O–H groups in total. The molecule has 0 saturated carbocycles. The summed E-state index contributed by atoms with van der Waals surface area (Å²) in [5, 5.41) is 19.4. The van der Waals surface area contributed by atoms with Gasteiger partial charge >= 0.3 is 23.9 Å². The Kier molecular flexibility index (Phi) is 25.2. The zero-order valence-corrected chi connectivity index (χ0v) is 22.1. The number of unbranched alkanes of at least 4 members (excludes halogenated alkanes) is 4. The van der Waals surface area contributed by atoms with E-state index in [2.05, 4.69) is 53.0 Å². The van der Waals surface area contributed by atoms with Gasteiger partial charge in [-0.15, -0.1) is 0 Å². The summed E-state index contributed by atoms with van der Waals surface area (Å²) in [5.41, 5.74) is 0. The number of rotatable bonds is 14. The van der Waals surface area contributed by atoms with E-state index in [0.29, 0.717) is 12.8 Å². The zero-order valence-electron chi connectivity index (χ0n) is 17.4. The van der Waals surface area contributed by atoms with Gasteiger partial charge in [0.15, 0.2) is 0 Å². The summed E-state index contributed by atoms with van der Waals surface area (Å²) in [7, 11) is 0. The standard InChI is InChI=1S/2C10H20O2S.Sn/c2*1-8(2)6-4-3-5-7-9(13)10(11)12;/h2*8-9,13H,3-7H2,1-2H3,(H,11,12);/q;;+2/p-2. The van der Waals surface area contributed by atoms with Crippen LogP contribution in [0.3, 0.4) is 0 Å². The van der Waals surface area contributed by atoms with Crippen LogP contribution in [0, 0.1) is 11.8 Å². The molecule has 0 aromatic heterocycles. The number of carboxylic acids is 2. The molecule has 2 unspecified atom stereocenters. The third-order valence-corrected chi connectivity index (χ3v) is 5.00. The van der Waals surface area contributed by atoms with Gasteiger partial charge < -0.3 is 19.8 Å². The molecule has 0 aliphatic heterocycles. The van der Waals surface area contributed by atoms with Crippen molar-refractivity contribution in [3.05, 3.63) is 0 Å². The van der Waals surface area contributed by atoms with Crippen LogP contribution < -0.4 is 10.2 Å². The van der Waals surface area contributed by atoms with Crippen LogP contribution in [-0.4, -0.2) is 46.3 Å².